The number of amides is 2. The highest BCUT2D eigenvalue weighted by molar-refractivity contribution is 7.89. The van der Waals surface area contributed by atoms with Crippen molar-refractivity contribution in [1.29, 1.82) is 0 Å². The van der Waals surface area contributed by atoms with Crippen LogP contribution in [0.2, 0.25) is 0 Å². The van der Waals surface area contributed by atoms with E-state index in [0.29, 0.717) is 29.1 Å². The lowest BCUT2D eigenvalue weighted by atomic mass is 10.1. The van der Waals surface area contributed by atoms with Gasteiger partial charge < -0.3 is 19.7 Å². The zero-order valence-electron chi connectivity index (χ0n) is 29.8. The standard InChI is InChI=1S/C38H38N8O6S/c1-24-6-13-30(21-34(24)53(39,49)50)46(37-40-19-18-35(42-37)44(3)29-14-17-32-25(2)45(4)43-33(32)20-29)38(48)52-23-27-7-11-28(12-8-27)36(47)41-22-26-9-15-31(51-5)16-10-26/h6-21H,22-23H2,1-5H3,(H,41,47)(H2,39,49,50). The fraction of sp³-hybridized carbons (Fsp3) is 0.184. The summed E-state index contributed by atoms with van der Waals surface area (Å²) in [5, 5.41) is 14.0. The van der Waals surface area contributed by atoms with E-state index in [1.54, 1.807) is 50.4 Å². The van der Waals surface area contributed by atoms with Gasteiger partial charge in [-0.1, -0.05) is 30.3 Å². The number of nitrogens with one attached hydrogen (secondary N) is 1. The van der Waals surface area contributed by atoms with Gasteiger partial charge in [-0.05, 0) is 91.2 Å². The summed E-state index contributed by atoms with van der Waals surface area (Å²) in [6.07, 6.45) is 0.617. The topological polar surface area (TPSA) is 175 Å². The Hall–Kier alpha value is -6.32. The molecule has 4 aromatic carbocycles. The Balaban J connectivity index is 1.23. The second kappa shape index (κ2) is 15.1. The minimum atomic E-state index is -4.14. The maximum atomic E-state index is 13.9. The van der Waals surface area contributed by atoms with Crippen molar-refractivity contribution in [2.75, 3.05) is 24.0 Å². The Bertz CT molecular complexity index is 2410. The van der Waals surface area contributed by atoms with Crippen LogP contribution < -0.4 is 25.0 Å². The first-order chi connectivity index (χ1) is 25.3. The number of aromatic nitrogens is 4. The second-order valence-electron chi connectivity index (χ2n) is 12.3. The molecule has 6 aromatic rings. The number of carbonyl (C=O) groups excluding carboxylic acids is 2. The van der Waals surface area contributed by atoms with E-state index in [1.807, 2.05) is 73.1 Å². The third-order valence-corrected chi connectivity index (χ3v) is 9.84. The molecule has 0 unspecified atom stereocenters. The van der Waals surface area contributed by atoms with Gasteiger partial charge in [0, 0.05) is 49.2 Å². The number of hydrogen-bond acceptors (Lipinski definition) is 10. The molecule has 272 valence electrons. The minimum absolute atomic E-state index is 0.0674. The van der Waals surface area contributed by atoms with Crippen LogP contribution in [-0.4, -0.2) is 54.3 Å². The molecule has 14 nitrogen and oxygen atoms in total. The fourth-order valence-electron chi connectivity index (χ4n) is 5.62. The van der Waals surface area contributed by atoms with E-state index in [-0.39, 0.29) is 29.0 Å². The molecule has 3 N–H and O–H groups in total. The summed E-state index contributed by atoms with van der Waals surface area (Å²) in [6.45, 7) is 3.76. The molecule has 2 heterocycles. The molecule has 0 saturated carbocycles. The Morgan fingerprint density at radius 1 is 0.906 bits per heavy atom. The van der Waals surface area contributed by atoms with Crippen molar-refractivity contribution >= 4 is 56.1 Å². The molecule has 53 heavy (non-hydrogen) atoms. The van der Waals surface area contributed by atoms with Crippen LogP contribution in [0.5, 0.6) is 5.75 Å². The molecule has 0 radical (unpaired) electrons. The van der Waals surface area contributed by atoms with Crippen molar-refractivity contribution in [2.45, 2.75) is 31.9 Å². The average molecular weight is 735 g/mol. The maximum absolute atomic E-state index is 13.9. The monoisotopic (exact) mass is 734 g/mol. The number of benzene rings is 4. The van der Waals surface area contributed by atoms with Crippen molar-refractivity contribution in [3.05, 3.63) is 125 Å². The highest BCUT2D eigenvalue weighted by Gasteiger charge is 2.26. The fourth-order valence-corrected chi connectivity index (χ4v) is 6.42. The molecular weight excluding hydrogens is 697 g/mol. The molecule has 15 heteroatoms. The normalized spacial score (nSPS) is 11.3. The number of hydrogen-bond donors (Lipinski definition) is 2. The van der Waals surface area contributed by atoms with E-state index in [9.17, 15) is 18.0 Å². The number of anilines is 4. The summed E-state index contributed by atoms with van der Waals surface area (Å²) in [4.78, 5) is 38.4. The molecule has 0 atom stereocenters. The molecule has 0 aliphatic rings. The molecule has 2 aromatic heterocycles. The van der Waals surface area contributed by atoms with Gasteiger partial charge in [-0.15, -0.1) is 0 Å². The van der Waals surface area contributed by atoms with E-state index in [2.05, 4.69) is 20.4 Å². The summed E-state index contributed by atoms with van der Waals surface area (Å²) in [5.74, 6) is 0.838. The third-order valence-electron chi connectivity index (χ3n) is 8.78. The Kier molecular flexibility index (Phi) is 10.4. The summed E-state index contributed by atoms with van der Waals surface area (Å²) < 4.78 is 37.6. The highest BCUT2D eigenvalue weighted by atomic mass is 32.2. The van der Waals surface area contributed by atoms with Crippen molar-refractivity contribution in [1.82, 2.24) is 25.1 Å². The van der Waals surface area contributed by atoms with Gasteiger partial charge in [0.1, 0.15) is 18.2 Å². The number of methoxy groups -OCH3 is 1. The molecule has 0 bridgehead atoms. The van der Waals surface area contributed by atoms with Crippen molar-refractivity contribution in [3.8, 4) is 5.75 Å². The lowest BCUT2D eigenvalue weighted by Crippen LogP contribution is -2.29. The van der Waals surface area contributed by atoms with Gasteiger partial charge >= 0.3 is 6.09 Å². The van der Waals surface area contributed by atoms with Crippen LogP contribution in [0.25, 0.3) is 10.9 Å². The number of sulfonamides is 1. The van der Waals surface area contributed by atoms with Gasteiger partial charge in [-0.3, -0.25) is 9.48 Å². The number of ether oxygens (including phenoxy) is 2. The van der Waals surface area contributed by atoms with Crippen LogP contribution >= 0.6 is 0 Å². The van der Waals surface area contributed by atoms with Gasteiger partial charge in [0.25, 0.3) is 5.91 Å². The van der Waals surface area contributed by atoms with Gasteiger partial charge in [0.2, 0.25) is 16.0 Å². The van der Waals surface area contributed by atoms with Crippen LogP contribution in [0.3, 0.4) is 0 Å². The molecule has 0 saturated heterocycles. The van der Waals surface area contributed by atoms with Gasteiger partial charge in [-0.25, -0.2) is 28.2 Å². The molecule has 0 aliphatic carbocycles. The van der Waals surface area contributed by atoms with E-state index < -0.39 is 16.1 Å². The molecule has 6 rings (SSSR count). The van der Waals surface area contributed by atoms with E-state index in [0.717, 1.165) is 38.5 Å². The van der Waals surface area contributed by atoms with Crippen LogP contribution in [-0.2, 0) is 35.0 Å². The number of primary sulfonamides is 1. The Labute approximate surface area is 306 Å². The van der Waals surface area contributed by atoms with Crippen molar-refractivity contribution in [2.24, 2.45) is 12.2 Å². The molecule has 0 fully saturated rings. The van der Waals surface area contributed by atoms with E-state index in [1.165, 1.54) is 18.3 Å². The van der Waals surface area contributed by atoms with Gasteiger partial charge in [0.15, 0.2) is 0 Å². The van der Waals surface area contributed by atoms with Crippen LogP contribution in [0.1, 0.15) is 32.7 Å². The summed E-state index contributed by atoms with van der Waals surface area (Å²) in [5.41, 5.74) is 5.10. The van der Waals surface area contributed by atoms with Gasteiger partial charge in [-0.2, -0.15) is 10.1 Å². The van der Waals surface area contributed by atoms with Crippen molar-refractivity contribution in [3.63, 3.8) is 0 Å². The third kappa shape index (κ3) is 8.11. The average Bonchev–Trinajstić information content (AvgIpc) is 3.45. The number of rotatable bonds is 11. The zero-order chi connectivity index (χ0) is 37.9. The SMILES string of the molecule is COc1ccc(CNC(=O)c2ccc(COC(=O)N(c3ccc(C)c(S(N)(=O)=O)c3)c3nccc(N(C)c4ccc5c(C)n(C)nc5c4)n3)cc2)cc1. The number of fused-ring (bicyclic) bond motifs is 1. The number of nitrogens with two attached hydrogens (primary N) is 1. The van der Waals surface area contributed by atoms with Crippen LogP contribution in [0, 0.1) is 13.8 Å². The van der Waals surface area contributed by atoms with Crippen molar-refractivity contribution < 1.29 is 27.5 Å². The molecule has 0 spiro atoms. The highest BCUT2D eigenvalue weighted by Crippen LogP contribution is 2.31. The minimum Gasteiger partial charge on any atom is -0.497 e. The first-order valence-electron chi connectivity index (χ1n) is 16.4. The Morgan fingerprint density at radius 3 is 2.30 bits per heavy atom. The van der Waals surface area contributed by atoms with Gasteiger partial charge in [0.05, 0.1) is 23.2 Å². The quantitative estimate of drug-likeness (QED) is 0.165. The predicted molar refractivity (Wildman–Crippen MR) is 201 cm³/mol. The first kappa shape index (κ1) is 36.5. The van der Waals surface area contributed by atoms with E-state index in [4.69, 9.17) is 14.6 Å². The predicted octanol–water partition coefficient (Wildman–Crippen LogP) is 5.81. The summed E-state index contributed by atoms with van der Waals surface area (Å²) in [6, 6.07) is 25.9. The van der Waals surface area contributed by atoms with E-state index >= 15 is 0 Å². The molecule has 0 aliphatic heterocycles. The first-order valence-corrected chi connectivity index (χ1v) is 18.0. The number of aryl methyl sites for hydroxylation is 3. The van der Waals surface area contributed by atoms with Crippen LogP contribution in [0.4, 0.5) is 27.9 Å². The largest absolute Gasteiger partial charge is 0.497 e. The number of carbonyl (C=O) groups is 2. The second-order valence-corrected chi connectivity index (χ2v) is 13.8. The lowest BCUT2D eigenvalue weighted by molar-refractivity contribution is 0.0950. The maximum Gasteiger partial charge on any atom is 0.421 e. The lowest BCUT2D eigenvalue weighted by Gasteiger charge is -2.24. The zero-order valence-corrected chi connectivity index (χ0v) is 30.6. The molecular formula is C38H38N8O6S. The Morgan fingerprint density at radius 2 is 1.60 bits per heavy atom. The number of nitrogens with zero attached hydrogens (tertiary/aromatic N) is 6. The summed E-state index contributed by atoms with van der Waals surface area (Å²) >= 11 is 0. The smallest absolute Gasteiger partial charge is 0.421 e. The van der Waals surface area contributed by atoms with Crippen LogP contribution in [0.15, 0.2) is 102 Å². The summed E-state index contributed by atoms with van der Waals surface area (Å²) in [7, 11) is 1.16. The molecule has 2 amide bonds.